The van der Waals surface area contributed by atoms with E-state index in [1.54, 1.807) is 0 Å². The molecule has 17 heavy (non-hydrogen) atoms. The van der Waals surface area contributed by atoms with Crippen LogP contribution in [-0.4, -0.2) is 17.3 Å². The van der Waals surface area contributed by atoms with Crippen LogP contribution in [0.15, 0.2) is 22.7 Å². The van der Waals surface area contributed by atoms with Crippen LogP contribution >= 0.6 is 27.5 Å². The molecular weight excluding hydrogens is 302 g/mol. The summed E-state index contributed by atoms with van der Waals surface area (Å²) in [7, 11) is 0. The van der Waals surface area contributed by atoms with Crippen molar-refractivity contribution in [3.8, 4) is 0 Å². The van der Waals surface area contributed by atoms with Crippen LogP contribution in [0.2, 0.25) is 5.02 Å². The van der Waals surface area contributed by atoms with E-state index in [1.165, 1.54) is 0 Å². The first-order valence-corrected chi connectivity index (χ1v) is 6.75. The van der Waals surface area contributed by atoms with Gasteiger partial charge in [-0.3, -0.25) is 0 Å². The molecule has 2 nitrogen and oxygen atoms in total. The molecule has 0 saturated carbocycles. The smallest absolute Gasteiger partial charge is 0.0455 e. The van der Waals surface area contributed by atoms with Crippen molar-refractivity contribution in [1.82, 2.24) is 0 Å². The predicted molar refractivity (Wildman–Crippen MR) is 76.5 cm³/mol. The molecule has 0 bridgehead atoms. The number of aliphatic hydroxyl groups is 1. The van der Waals surface area contributed by atoms with E-state index in [1.807, 2.05) is 39.0 Å². The number of aliphatic hydroxyl groups excluding tert-OH is 1. The molecule has 1 aromatic carbocycles. The van der Waals surface area contributed by atoms with Gasteiger partial charge in [-0.2, -0.15) is 0 Å². The normalized spacial score (nSPS) is 15.7. The molecule has 0 saturated heterocycles. The molecule has 0 aliphatic carbocycles. The summed E-state index contributed by atoms with van der Waals surface area (Å²) in [5.41, 5.74) is 6.41. The van der Waals surface area contributed by atoms with E-state index in [0.717, 1.165) is 10.0 Å². The van der Waals surface area contributed by atoms with E-state index in [9.17, 15) is 5.11 Å². The van der Waals surface area contributed by atoms with E-state index in [2.05, 4.69) is 15.9 Å². The Balaban J connectivity index is 3.32. The summed E-state index contributed by atoms with van der Waals surface area (Å²) in [6, 6.07) is 5.78. The molecule has 0 amide bonds. The molecule has 0 radical (unpaired) electrons. The summed E-state index contributed by atoms with van der Waals surface area (Å²) in [5.74, 6) is 0. The highest BCUT2D eigenvalue weighted by molar-refractivity contribution is 9.10. The molecule has 1 aromatic rings. The van der Waals surface area contributed by atoms with Gasteiger partial charge in [-0.15, -0.1) is 0 Å². The molecule has 1 atom stereocenters. The maximum absolute atomic E-state index is 9.26. The van der Waals surface area contributed by atoms with Gasteiger partial charge >= 0.3 is 0 Å². The Hall–Kier alpha value is -0.0900. The van der Waals surface area contributed by atoms with Gasteiger partial charge in [0, 0.05) is 27.1 Å². The third-order valence-corrected chi connectivity index (χ3v) is 4.37. The van der Waals surface area contributed by atoms with Crippen molar-refractivity contribution >= 4 is 27.5 Å². The quantitative estimate of drug-likeness (QED) is 0.892. The Morgan fingerprint density at radius 1 is 1.35 bits per heavy atom. The zero-order chi connectivity index (χ0) is 13.3. The maximum atomic E-state index is 9.26. The Bertz CT molecular complexity index is 403. The molecule has 0 heterocycles. The fourth-order valence-corrected chi connectivity index (χ4v) is 2.85. The van der Waals surface area contributed by atoms with Gasteiger partial charge in [-0.1, -0.05) is 40.5 Å². The zero-order valence-electron chi connectivity index (χ0n) is 10.4. The number of rotatable bonds is 4. The second-order valence-electron chi connectivity index (χ2n) is 5.15. The highest BCUT2D eigenvalue weighted by atomic mass is 79.9. The van der Waals surface area contributed by atoms with Crippen LogP contribution in [0.3, 0.4) is 0 Å². The number of hydrogen-bond donors (Lipinski definition) is 2. The van der Waals surface area contributed by atoms with Crippen LogP contribution in [0.4, 0.5) is 0 Å². The van der Waals surface area contributed by atoms with Crippen molar-refractivity contribution < 1.29 is 5.11 Å². The van der Waals surface area contributed by atoms with Crippen molar-refractivity contribution in [3.63, 3.8) is 0 Å². The standard InChI is InChI=1S/C13H19BrClNO/c1-12(2,16)13(3,6-7-17)10-5-4-9(14)8-11(10)15/h4-5,8,17H,6-7,16H2,1-3H3. The summed E-state index contributed by atoms with van der Waals surface area (Å²) < 4.78 is 0.937. The fourth-order valence-electron chi connectivity index (χ4n) is 1.96. The minimum absolute atomic E-state index is 0.0868. The van der Waals surface area contributed by atoms with Gasteiger partial charge in [0.05, 0.1) is 0 Å². The van der Waals surface area contributed by atoms with Gasteiger partial charge in [0.2, 0.25) is 0 Å². The highest BCUT2D eigenvalue weighted by Gasteiger charge is 2.40. The largest absolute Gasteiger partial charge is 0.396 e. The SMILES string of the molecule is CC(C)(N)C(C)(CCO)c1ccc(Br)cc1Cl. The van der Waals surface area contributed by atoms with Crippen LogP contribution in [-0.2, 0) is 5.41 Å². The molecule has 0 fully saturated rings. The first-order valence-electron chi connectivity index (χ1n) is 5.57. The van der Waals surface area contributed by atoms with Crippen molar-refractivity contribution in [3.05, 3.63) is 33.3 Å². The molecular formula is C13H19BrClNO. The van der Waals surface area contributed by atoms with E-state index in [-0.39, 0.29) is 12.0 Å². The topological polar surface area (TPSA) is 46.2 Å². The molecule has 4 heteroatoms. The average molecular weight is 321 g/mol. The third kappa shape index (κ3) is 3.02. The maximum Gasteiger partial charge on any atom is 0.0455 e. The van der Waals surface area contributed by atoms with E-state index in [4.69, 9.17) is 17.3 Å². The molecule has 0 aliphatic heterocycles. The third-order valence-electron chi connectivity index (χ3n) is 3.56. The Kier molecular flexibility index (Phi) is 4.64. The second-order valence-corrected chi connectivity index (χ2v) is 6.47. The Morgan fingerprint density at radius 3 is 2.35 bits per heavy atom. The average Bonchev–Trinajstić information content (AvgIpc) is 2.15. The first kappa shape index (κ1) is 15.0. The summed E-state index contributed by atoms with van der Waals surface area (Å²) in [5, 5.41) is 9.94. The van der Waals surface area contributed by atoms with Gasteiger partial charge in [-0.25, -0.2) is 0 Å². The second kappa shape index (κ2) is 5.27. The molecule has 96 valence electrons. The van der Waals surface area contributed by atoms with Crippen molar-refractivity contribution in [2.24, 2.45) is 5.73 Å². The van der Waals surface area contributed by atoms with Crippen LogP contribution in [0.25, 0.3) is 0 Å². The monoisotopic (exact) mass is 319 g/mol. The summed E-state index contributed by atoms with van der Waals surface area (Å²) in [4.78, 5) is 0. The minimum atomic E-state index is -0.465. The van der Waals surface area contributed by atoms with Crippen LogP contribution < -0.4 is 5.73 Å². The summed E-state index contributed by atoms with van der Waals surface area (Å²) >= 11 is 9.68. The van der Waals surface area contributed by atoms with Gasteiger partial charge < -0.3 is 10.8 Å². The minimum Gasteiger partial charge on any atom is -0.396 e. The van der Waals surface area contributed by atoms with Gasteiger partial charge in [-0.05, 0) is 38.0 Å². The number of halogens is 2. The molecule has 0 spiro atoms. The van der Waals surface area contributed by atoms with Gasteiger partial charge in [0.15, 0.2) is 0 Å². The zero-order valence-corrected chi connectivity index (χ0v) is 12.8. The van der Waals surface area contributed by atoms with Crippen molar-refractivity contribution in [2.45, 2.75) is 38.1 Å². The first-order chi connectivity index (χ1) is 7.72. The van der Waals surface area contributed by atoms with E-state index in [0.29, 0.717) is 11.4 Å². The lowest BCUT2D eigenvalue weighted by molar-refractivity contribution is 0.190. The molecule has 0 aromatic heterocycles. The number of benzene rings is 1. The fraction of sp³-hybridized carbons (Fsp3) is 0.538. The summed E-state index contributed by atoms with van der Waals surface area (Å²) in [6.07, 6.45) is 0.581. The predicted octanol–water partition coefficient (Wildman–Crippen LogP) is 3.48. The molecule has 3 N–H and O–H groups in total. The molecule has 0 aliphatic rings. The Labute approximate surface area is 116 Å². The Morgan fingerprint density at radius 2 is 1.94 bits per heavy atom. The van der Waals surface area contributed by atoms with Gasteiger partial charge in [0.25, 0.3) is 0 Å². The summed E-state index contributed by atoms with van der Waals surface area (Å²) in [6.45, 7) is 6.05. The number of nitrogens with two attached hydrogens (primary N) is 1. The van der Waals surface area contributed by atoms with Crippen molar-refractivity contribution in [1.29, 1.82) is 0 Å². The lowest BCUT2D eigenvalue weighted by atomic mass is 9.67. The van der Waals surface area contributed by atoms with E-state index >= 15 is 0 Å². The number of hydrogen-bond acceptors (Lipinski definition) is 2. The highest BCUT2D eigenvalue weighted by Crippen LogP contribution is 2.40. The molecule has 1 rings (SSSR count). The lowest BCUT2D eigenvalue weighted by Gasteiger charge is -2.42. The van der Waals surface area contributed by atoms with Crippen molar-refractivity contribution in [2.75, 3.05) is 6.61 Å². The van der Waals surface area contributed by atoms with Crippen LogP contribution in [0, 0.1) is 0 Å². The molecule has 1 unspecified atom stereocenters. The van der Waals surface area contributed by atoms with Gasteiger partial charge in [0.1, 0.15) is 0 Å². The van der Waals surface area contributed by atoms with Crippen LogP contribution in [0.5, 0.6) is 0 Å². The lowest BCUT2D eigenvalue weighted by Crippen LogP contribution is -2.52. The van der Waals surface area contributed by atoms with E-state index < -0.39 is 5.54 Å². The van der Waals surface area contributed by atoms with Crippen LogP contribution in [0.1, 0.15) is 32.8 Å².